The molecule has 1 aliphatic rings. The Hall–Kier alpha value is -1.11. The average molecular weight is 302 g/mol. The van der Waals surface area contributed by atoms with Crippen molar-refractivity contribution in [1.29, 1.82) is 0 Å². The summed E-state index contributed by atoms with van der Waals surface area (Å²) in [6, 6.07) is 4.50. The molecule has 2 rings (SSSR count). The topological polar surface area (TPSA) is 81.0 Å². The molecule has 0 aromatic heterocycles. The number of amides is 1. The van der Waals surface area contributed by atoms with Crippen molar-refractivity contribution in [2.24, 2.45) is 0 Å². The summed E-state index contributed by atoms with van der Waals surface area (Å²) in [5.74, 6) is -0.334. The second-order valence-electron chi connectivity index (χ2n) is 4.01. The van der Waals surface area contributed by atoms with Crippen molar-refractivity contribution in [1.82, 2.24) is 4.90 Å². The predicted octanol–water partition coefficient (Wildman–Crippen LogP) is 0.332. The van der Waals surface area contributed by atoms with Crippen molar-refractivity contribution < 1.29 is 20.1 Å². The summed E-state index contributed by atoms with van der Waals surface area (Å²) in [5.41, 5.74) is 0.326. The van der Waals surface area contributed by atoms with Crippen LogP contribution in [0.3, 0.4) is 0 Å². The van der Waals surface area contributed by atoms with Gasteiger partial charge in [0.2, 0.25) is 0 Å². The minimum absolute atomic E-state index is 0.0175. The standard InChI is InChI=1S/C11H12BrNO4/c12-7-2-1-6(3-8(7)14)11(17)13-4-9(15)10(16)5-13/h1-3,9-10,14-16H,4-5H2. The van der Waals surface area contributed by atoms with E-state index >= 15 is 0 Å². The fraction of sp³-hybridized carbons (Fsp3) is 0.364. The van der Waals surface area contributed by atoms with Gasteiger partial charge in [-0.2, -0.15) is 0 Å². The van der Waals surface area contributed by atoms with Gasteiger partial charge in [0.1, 0.15) is 5.75 Å². The highest BCUT2D eigenvalue weighted by molar-refractivity contribution is 9.10. The lowest BCUT2D eigenvalue weighted by Crippen LogP contribution is -2.29. The van der Waals surface area contributed by atoms with Crippen LogP contribution in [0.25, 0.3) is 0 Å². The lowest BCUT2D eigenvalue weighted by atomic mass is 10.2. The SMILES string of the molecule is O=C(c1ccc(Br)c(O)c1)N1CC(O)C(O)C1. The lowest BCUT2D eigenvalue weighted by molar-refractivity contribution is 0.0572. The number of likely N-dealkylation sites (tertiary alicyclic amines) is 1. The van der Waals surface area contributed by atoms with Crippen LogP contribution in [-0.4, -0.2) is 51.4 Å². The average Bonchev–Trinajstić information content (AvgIpc) is 2.62. The summed E-state index contributed by atoms with van der Waals surface area (Å²) >= 11 is 3.13. The van der Waals surface area contributed by atoms with Crippen molar-refractivity contribution in [3.63, 3.8) is 0 Å². The fourth-order valence-electron chi connectivity index (χ4n) is 1.76. The summed E-state index contributed by atoms with van der Waals surface area (Å²) < 4.78 is 0.510. The second kappa shape index (κ2) is 4.64. The van der Waals surface area contributed by atoms with Crippen LogP contribution in [0.1, 0.15) is 10.4 Å². The van der Waals surface area contributed by atoms with E-state index in [0.717, 1.165) is 0 Å². The zero-order valence-electron chi connectivity index (χ0n) is 8.88. The summed E-state index contributed by atoms with van der Waals surface area (Å²) in [4.78, 5) is 13.3. The highest BCUT2D eigenvalue weighted by Gasteiger charge is 2.33. The number of β-amino-alcohol motifs (C(OH)–C–C–N with tert-alkyl or cyclic N) is 2. The summed E-state index contributed by atoms with van der Waals surface area (Å²) in [6.45, 7) is 0.216. The highest BCUT2D eigenvalue weighted by atomic mass is 79.9. The molecule has 1 aromatic rings. The molecule has 0 saturated carbocycles. The van der Waals surface area contributed by atoms with Gasteiger partial charge in [0.15, 0.2) is 0 Å². The van der Waals surface area contributed by atoms with Gasteiger partial charge in [-0.1, -0.05) is 0 Å². The van der Waals surface area contributed by atoms with Gasteiger partial charge in [-0.05, 0) is 34.1 Å². The second-order valence-corrected chi connectivity index (χ2v) is 4.87. The number of nitrogens with zero attached hydrogens (tertiary/aromatic N) is 1. The molecule has 2 atom stereocenters. The quantitative estimate of drug-likeness (QED) is 0.698. The number of phenolic OH excluding ortho intramolecular Hbond substituents is 1. The summed E-state index contributed by atoms with van der Waals surface area (Å²) in [6.07, 6.45) is -1.80. The number of halogens is 1. The Morgan fingerprint density at radius 3 is 2.41 bits per heavy atom. The van der Waals surface area contributed by atoms with Crippen LogP contribution in [0.2, 0.25) is 0 Å². The third-order valence-corrected chi connectivity index (χ3v) is 3.41. The zero-order chi connectivity index (χ0) is 12.6. The first-order chi connectivity index (χ1) is 7.99. The van der Waals surface area contributed by atoms with Crippen LogP contribution in [-0.2, 0) is 0 Å². The van der Waals surface area contributed by atoms with E-state index in [9.17, 15) is 20.1 Å². The van der Waals surface area contributed by atoms with Gasteiger partial charge in [0.05, 0.1) is 16.7 Å². The van der Waals surface area contributed by atoms with E-state index in [1.54, 1.807) is 12.1 Å². The molecule has 17 heavy (non-hydrogen) atoms. The number of hydrogen-bond acceptors (Lipinski definition) is 4. The molecule has 3 N–H and O–H groups in total. The number of aliphatic hydroxyl groups excluding tert-OH is 2. The van der Waals surface area contributed by atoms with Crippen LogP contribution >= 0.6 is 15.9 Å². The molecule has 5 nitrogen and oxygen atoms in total. The van der Waals surface area contributed by atoms with Crippen LogP contribution in [0.5, 0.6) is 5.75 Å². The molecule has 0 radical (unpaired) electrons. The number of hydrogen-bond donors (Lipinski definition) is 3. The Balaban J connectivity index is 2.17. The molecule has 0 aliphatic carbocycles. The van der Waals surface area contributed by atoms with E-state index in [1.165, 1.54) is 11.0 Å². The predicted molar refractivity (Wildman–Crippen MR) is 63.7 cm³/mol. The molecule has 0 bridgehead atoms. The van der Waals surface area contributed by atoms with Crippen LogP contribution in [0, 0.1) is 0 Å². The number of rotatable bonds is 1. The van der Waals surface area contributed by atoms with E-state index in [1.807, 2.05) is 0 Å². The molecule has 0 spiro atoms. The molecule has 92 valence electrons. The van der Waals surface area contributed by atoms with Crippen molar-refractivity contribution in [3.05, 3.63) is 28.2 Å². The van der Waals surface area contributed by atoms with Crippen molar-refractivity contribution >= 4 is 21.8 Å². The van der Waals surface area contributed by atoms with Crippen LogP contribution in [0.15, 0.2) is 22.7 Å². The summed E-state index contributed by atoms with van der Waals surface area (Å²) in [5, 5.41) is 28.2. The minimum atomic E-state index is -0.900. The monoisotopic (exact) mass is 301 g/mol. The maximum atomic E-state index is 12.0. The number of phenols is 1. The molecule has 1 fully saturated rings. The van der Waals surface area contributed by atoms with Crippen molar-refractivity contribution in [3.8, 4) is 5.75 Å². The molecule has 1 aliphatic heterocycles. The molecule has 2 unspecified atom stereocenters. The Labute approximate surface area is 106 Å². The first kappa shape index (κ1) is 12.3. The number of aromatic hydroxyl groups is 1. The number of carbonyl (C=O) groups is 1. The van der Waals surface area contributed by atoms with E-state index in [0.29, 0.717) is 10.0 Å². The molecular weight excluding hydrogens is 290 g/mol. The zero-order valence-corrected chi connectivity index (χ0v) is 10.5. The van der Waals surface area contributed by atoms with Gasteiger partial charge in [-0.15, -0.1) is 0 Å². The first-order valence-corrected chi connectivity index (χ1v) is 5.92. The van der Waals surface area contributed by atoms with Gasteiger partial charge in [-0.25, -0.2) is 0 Å². The van der Waals surface area contributed by atoms with Gasteiger partial charge in [0, 0.05) is 18.7 Å². The van der Waals surface area contributed by atoms with Gasteiger partial charge < -0.3 is 20.2 Å². The highest BCUT2D eigenvalue weighted by Crippen LogP contribution is 2.25. The Bertz CT molecular complexity index is 441. The lowest BCUT2D eigenvalue weighted by Gasteiger charge is -2.15. The maximum absolute atomic E-state index is 12.0. The van der Waals surface area contributed by atoms with Gasteiger partial charge >= 0.3 is 0 Å². The van der Waals surface area contributed by atoms with Crippen LogP contribution in [0.4, 0.5) is 0 Å². The van der Waals surface area contributed by atoms with E-state index in [4.69, 9.17) is 0 Å². The first-order valence-electron chi connectivity index (χ1n) is 5.13. The molecule has 1 saturated heterocycles. The largest absolute Gasteiger partial charge is 0.507 e. The van der Waals surface area contributed by atoms with Crippen molar-refractivity contribution in [2.75, 3.05) is 13.1 Å². The maximum Gasteiger partial charge on any atom is 0.254 e. The molecule has 1 aromatic carbocycles. The van der Waals surface area contributed by atoms with Gasteiger partial charge in [0.25, 0.3) is 5.91 Å². The van der Waals surface area contributed by atoms with E-state index < -0.39 is 12.2 Å². The molecule has 1 heterocycles. The fourth-order valence-corrected chi connectivity index (χ4v) is 2.01. The Kier molecular flexibility index (Phi) is 3.37. The Morgan fingerprint density at radius 2 is 1.88 bits per heavy atom. The van der Waals surface area contributed by atoms with E-state index in [-0.39, 0.29) is 24.7 Å². The third kappa shape index (κ3) is 2.43. The third-order valence-electron chi connectivity index (χ3n) is 2.74. The number of aliphatic hydroxyl groups is 2. The number of carbonyl (C=O) groups excluding carboxylic acids is 1. The van der Waals surface area contributed by atoms with Gasteiger partial charge in [-0.3, -0.25) is 4.79 Å². The normalized spacial score (nSPS) is 24.1. The molecule has 6 heteroatoms. The Morgan fingerprint density at radius 1 is 1.29 bits per heavy atom. The van der Waals surface area contributed by atoms with E-state index in [2.05, 4.69) is 15.9 Å². The van der Waals surface area contributed by atoms with Crippen LogP contribution < -0.4 is 0 Å². The minimum Gasteiger partial charge on any atom is -0.507 e. The van der Waals surface area contributed by atoms with Crippen molar-refractivity contribution in [2.45, 2.75) is 12.2 Å². The smallest absolute Gasteiger partial charge is 0.254 e. The summed E-state index contributed by atoms with van der Waals surface area (Å²) in [7, 11) is 0. The number of benzene rings is 1. The molecule has 1 amide bonds. The molecular formula is C11H12BrNO4.